The van der Waals surface area contributed by atoms with Crippen LogP contribution < -0.4 is 10.1 Å². The van der Waals surface area contributed by atoms with E-state index in [1.165, 1.54) is 17.7 Å². The molecule has 8 heteroatoms. The third-order valence-electron chi connectivity index (χ3n) is 4.72. The van der Waals surface area contributed by atoms with Crippen molar-refractivity contribution in [3.05, 3.63) is 77.7 Å². The molecular formula is C22H20F3N3O2. The molecular weight excluding hydrogens is 395 g/mol. The summed E-state index contributed by atoms with van der Waals surface area (Å²) in [5.74, 6) is 1.19. The normalized spacial score (nSPS) is 11.7. The second kappa shape index (κ2) is 8.14. The fraction of sp³-hybridized carbons (Fsp3) is 0.227. The number of hydrogen-bond acceptors (Lipinski definition) is 4. The van der Waals surface area contributed by atoms with Crippen LogP contribution in [0.3, 0.4) is 0 Å². The lowest BCUT2D eigenvalue weighted by molar-refractivity contribution is -0.274. The van der Waals surface area contributed by atoms with E-state index in [4.69, 9.17) is 9.40 Å². The van der Waals surface area contributed by atoms with Crippen LogP contribution in [0.4, 0.5) is 19.1 Å². The van der Waals surface area contributed by atoms with Gasteiger partial charge in [0, 0.05) is 0 Å². The first kappa shape index (κ1) is 19.9. The van der Waals surface area contributed by atoms with E-state index in [0.29, 0.717) is 19.0 Å². The van der Waals surface area contributed by atoms with Crippen LogP contribution in [0, 0.1) is 0 Å². The van der Waals surface area contributed by atoms with Gasteiger partial charge in [0.05, 0.1) is 30.4 Å². The van der Waals surface area contributed by atoms with Crippen molar-refractivity contribution in [2.75, 3.05) is 5.32 Å². The molecule has 1 N–H and O–H groups in total. The van der Waals surface area contributed by atoms with Crippen LogP contribution in [0.2, 0.25) is 0 Å². The van der Waals surface area contributed by atoms with Crippen LogP contribution in [0.15, 0.2) is 65.3 Å². The van der Waals surface area contributed by atoms with Crippen LogP contribution in [-0.2, 0) is 19.5 Å². The predicted octanol–water partition coefficient (Wildman–Crippen LogP) is 5.75. The summed E-state index contributed by atoms with van der Waals surface area (Å²) in [6.07, 6.45) is -2.20. The molecule has 30 heavy (non-hydrogen) atoms. The van der Waals surface area contributed by atoms with Crippen molar-refractivity contribution in [2.24, 2.45) is 0 Å². The van der Waals surface area contributed by atoms with Gasteiger partial charge in [-0.05, 0) is 53.9 Å². The maximum Gasteiger partial charge on any atom is 0.573 e. The molecule has 4 aromatic rings. The zero-order chi connectivity index (χ0) is 21.1. The number of anilines is 1. The first-order valence-corrected chi connectivity index (χ1v) is 9.51. The van der Waals surface area contributed by atoms with E-state index in [1.54, 1.807) is 18.4 Å². The number of halogens is 3. The molecule has 0 saturated heterocycles. The molecule has 0 atom stereocenters. The van der Waals surface area contributed by atoms with Crippen molar-refractivity contribution in [3.63, 3.8) is 0 Å². The molecule has 2 aromatic carbocycles. The summed E-state index contributed by atoms with van der Waals surface area (Å²) in [6, 6.07) is 15.7. The highest BCUT2D eigenvalue weighted by Gasteiger charge is 2.30. The summed E-state index contributed by atoms with van der Waals surface area (Å²) in [5.41, 5.74) is 3.79. The maximum absolute atomic E-state index is 12.4. The molecule has 156 valence electrons. The number of furan rings is 1. The van der Waals surface area contributed by atoms with Crippen LogP contribution in [-0.4, -0.2) is 15.9 Å². The molecule has 0 bridgehead atoms. The molecule has 0 fully saturated rings. The molecule has 0 unspecified atom stereocenters. The Balaban J connectivity index is 1.62. The number of ether oxygens (including phenoxy) is 1. The number of imidazole rings is 1. The van der Waals surface area contributed by atoms with Gasteiger partial charge in [-0.25, -0.2) is 4.98 Å². The topological polar surface area (TPSA) is 52.2 Å². The lowest BCUT2D eigenvalue weighted by Gasteiger charge is -2.12. The lowest BCUT2D eigenvalue weighted by atomic mass is 10.1. The number of nitrogens with zero attached hydrogens (tertiary/aromatic N) is 2. The standard InChI is InChI=1S/C22H20F3N3O2/c1-2-15-7-10-20-19(12-15)27-21(26-13-18-4-3-11-29-18)28(20)14-16-5-8-17(9-6-16)30-22(23,24)25/h3-12H,2,13-14H2,1H3,(H,26,27). The Labute approximate surface area is 171 Å². The second-order valence-electron chi connectivity index (χ2n) is 6.82. The third-order valence-corrected chi connectivity index (χ3v) is 4.72. The quantitative estimate of drug-likeness (QED) is 0.418. The molecule has 0 aliphatic carbocycles. The monoisotopic (exact) mass is 415 g/mol. The Morgan fingerprint density at radius 3 is 2.50 bits per heavy atom. The van der Waals surface area contributed by atoms with Crippen molar-refractivity contribution in [3.8, 4) is 5.75 Å². The highest BCUT2D eigenvalue weighted by atomic mass is 19.4. The summed E-state index contributed by atoms with van der Waals surface area (Å²) in [5, 5.41) is 3.29. The van der Waals surface area contributed by atoms with Crippen LogP contribution in [0.5, 0.6) is 5.75 Å². The molecule has 2 aromatic heterocycles. The number of aromatic nitrogens is 2. The molecule has 4 rings (SSSR count). The summed E-state index contributed by atoms with van der Waals surface area (Å²) in [6.45, 7) is 2.99. The van der Waals surface area contributed by atoms with E-state index in [2.05, 4.69) is 23.0 Å². The van der Waals surface area contributed by atoms with E-state index in [9.17, 15) is 13.2 Å². The minimum absolute atomic E-state index is 0.245. The molecule has 0 radical (unpaired) electrons. The van der Waals surface area contributed by atoms with Gasteiger partial charge in [0.1, 0.15) is 11.5 Å². The smallest absolute Gasteiger partial charge is 0.467 e. The summed E-state index contributed by atoms with van der Waals surface area (Å²) < 4.78 is 48.5. The lowest BCUT2D eigenvalue weighted by Crippen LogP contribution is -2.17. The SMILES string of the molecule is CCc1ccc2c(c1)nc(NCc1ccco1)n2Cc1ccc(OC(F)(F)F)cc1. The van der Waals surface area contributed by atoms with Gasteiger partial charge >= 0.3 is 6.36 Å². The molecule has 0 spiro atoms. The maximum atomic E-state index is 12.4. The van der Waals surface area contributed by atoms with Crippen molar-refractivity contribution in [2.45, 2.75) is 32.8 Å². The van der Waals surface area contributed by atoms with E-state index < -0.39 is 6.36 Å². The Bertz CT molecular complexity index is 1120. The zero-order valence-corrected chi connectivity index (χ0v) is 16.2. The first-order valence-electron chi connectivity index (χ1n) is 9.51. The van der Waals surface area contributed by atoms with Crippen molar-refractivity contribution < 1.29 is 22.3 Å². The second-order valence-corrected chi connectivity index (χ2v) is 6.82. The first-order chi connectivity index (χ1) is 14.4. The van der Waals surface area contributed by atoms with Crippen LogP contribution >= 0.6 is 0 Å². The van der Waals surface area contributed by atoms with E-state index in [-0.39, 0.29) is 5.75 Å². The van der Waals surface area contributed by atoms with Gasteiger partial charge in [-0.2, -0.15) is 0 Å². The Morgan fingerprint density at radius 2 is 1.83 bits per heavy atom. The fourth-order valence-corrected chi connectivity index (χ4v) is 3.25. The number of alkyl halides is 3. The average molecular weight is 415 g/mol. The predicted molar refractivity (Wildman–Crippen MR) is 107 cm³/mol. The van der Waals surface area contributed by atoms with Crippen molar-refractivity contribution >= 4 is 17.0 Å². The number of aryl methyl sites for hydroxylation is 1. The van der Waals surface area contributed by atoms with Gasteiger partial charge in [-0.1, -0.05) is 25.1 Å². The van der Waals surface area contributed by atoms with E-state index >= 15 is 0 Å². The third kappa shape index (κ3) is 4.59. The summed E-state index contributed by atoms with van der Waals surface area (Å²) in [7, 11) is 0. The largest absolute Gasteiger partial charge is 0.573 e. The van der Waals surface area contributed by atoms with Gasteiger partial charge in [0.2, 0.25) is 5.95 Å². The van der Waals surface area contributed by atoms with Crippen molar-refractivity contribution in [1.82, 2.24) is 9.55 Å². The Kier molecular flexibility index (Phi) is 5.39. The molecule has 0 amide bonds. The number of fused-ring (bicyclic) bond motifs is 1. The highest BCUT2D eigenvalue weighted by Crippen LogP contribution is 2.26. The minimum Gasteiger partial charge on any atom is -0.467 e. The van der Waals surface area contributed by atoms with Crippen LogP contribution in [0.25, 0.3) is 11.0 Å². The van der Waals surface area contributed by atoms with Gasteiger partial charge in [-0.15, -0.1) is 13.2 Å². The average Bonchev–Trinajstić information content (AvgIpc) is 3.34. The zero-order valence-electron chi connectivity index (χ0n) is 16.2. The van der Waals surface area contributed by atoms with Crippen molar-refractivity contribution in [1.29, 1.82) is 0 Å². The molecule has 2 heterocycles. The van der Waals surface area contributed by atoms with Gasteiger partial charge in [-0.3, -0.25) is 0 Å². The number of nitrogens with one attached hydrogen (secondary N) is 1. The van der Waals surface area contributed by atoms with Gasteiger partial charge < -0.3 is 19.0 Å². The number of benzene rings is 2. The van der Waals surface area contributed by atoms with E-state index in [0.717, 1.165) is 28.8 Å². The molecule has 0 aliphatic rings. The Morgan fingerprint density at radius 1 is 1.07 bits per heavy atom. The van der Waals surface area contributed by atoms with E-state index in [1.807, 2.05) is 28.8 Å². The molecule has 5 nitrogen and oxygen atoms in total. The number of rotatable bonds is 7. The summed E-state index contributed by atoms with van der Waals surface area (Å²) in [4.78, 5) is 4.72. The molecule has 0 aliphatic heterocycles. The van der Waals surface area contributed by atoms with Gasteiger partial charge in [0.15, 0.2) is 0 Å². The minimum atomic E-state index is -4.71. The highest BCUT2D eigenvalue weighted by molar-refractivity contribution is 5.79. The molecule has 0 saturated carbocycles. The Hall–Kier alpha value is -3.42. The fourth-order valence-electron chi connectivity index (χ4n) is 3.25. The van der Waals surface area contributed by atoms with Crippen LogP contribution in [0.1, 0.15) is 23.8 Å². The summed E-state index contributed by atoms with van der Waals surface area (Å²) >= 11 is 0. The van der Waals surface area contributed by atoms with Gasteiger partial charge in [0.25, 0.3) is 0 Å². The number of hydrogen-bond donors (Lipinski definition) is 1.